The first-order valence-electron chi connectivity index (χ1n) is 3.56. The van der Waals surface area contributed by atoms with E-state index < -0.39 is 0 Å². The number of benzene rings is 1. The first kappa shape index (κ1) is 8.83. The minimum absolute atomic E-state index is 0.693. The third-order valence-corrected chi connectivity index (χ3v) is 1.80. The van der Waals surface area contributed by atoms with Crippen LogP contribution in [0.25, 0.3) is 5.57 Å². The van der Waals surface area contributed by atoms with Crippen LogP contribution in [0.4, 0.5) is 0 Å². The van der Waals surface area contributed by atoms with Crippen LogP contribution in [0.2, 0.25) is 5.02 Å². The molecule has 0 radical (unpaired) electrons. The van der Waals surface area contributed by atoms with Crippen molar-refractivity contribution in [3.63, 3.8) is 0 Å². The lowest BCUT2D eigenvalue weighted by atomic mass is 10.1. The van der Waals surface area contributed by atoms with Gasteiger partial charge in [0.05, 0.1) is 6.07 Å². The Labute approximate surface area is 76.9 Å². The smallest absolute Gasteiger partial charge is 0.0915 e. The van der Waals surface area contributed by atoms with Gasteiger partial charge in [0.1, 0.15) is 0 Å². The van der Waals surface area contributed by atoms with Crippen molar-refractivity contribution in [1.82, 2.24) is 0 Å². The summed E-state index contributed by atoms with van der Waals surface area (Å²) in [6.07, 6.45) is 1.51. The molecule has 0 fully saturated rings. The Kier molecular flexibility index (Phi) is 2.90. The molecule has 0 amide bonds. The lowest BCUT2D eigenvalue weighted by molar-refractivity contribution is 1.52. The molecule has 1 nitrogen and oxygen atoms in total. The molecule has 0 atom stereocenters. The average Bonchev–Trinajstić information content (AvgIpc) is 2.05. The number of hydrogen-bond donors (Lipinski definition) is 0. The maximum Gasteiger partial charge on any atom is 0.0915 e. The summed E-state index contributed by atoms with van der Waals surface area (Å²) in [5, 5.41) is 9.10. The fourth-order valence-corrected chi connectivity index (χ4v) is 1.10. The zero-order chi connectivity index (χ0) is 8.97. The minimum Gasteiger partial charge on any atom is -0.193 e. The van der Waals surface area contributed by atoms with Crippen LogP contribution in [0.3, 0.4) is 0 Å². The standard InChI is InChI=1S/C10H8ClN/c1-8(5-6-12)9-3-2-4-10(11)7-9/h2-5,7H,1H3. The number of nitrogens with zero attached hydrogens (tertiary/aromatic N) is 1. The van der Waals surface area contributed by atoms with E-state index in [1.54, 1.807) is 0 Å². The zero-order valence-corrected chi connectivity index (χ0v) is 7.47. The molecule has 0 N–H and O–H groups in total. The van der Waals surface area contributed by atoms with Gasteiger partial charge in [-0.05, 0) is 30.2 Å². The topological polar surface area (TPSA) is 23.8 Å². The van der Waals surface area contributed by atoms with Crippen LogP contribution >= 0.6 is 11.6 Å². The Bertz CT molecular complexity index is 347. The van der Waals surface area contributed by atoms with Gasteiger partial charge in [-0.3, -0.25) is 0 Å². The molecule has 2 heteroatoms. The van der Waals surface area contributed by atoms with Gasteiger partial charge in [0, 0.05) is 11.1 Å². The summed E-state index contributed by atoms with van der Waals surface area (Å²) in [5.74, 6) is 0. The van der Waals surface area contributed by atoms with Crippen molar-refractivity contribution in [3.05, 3.63) is 40.9 Å². The average molecular weight is 178 g/mol. The normalized spacial score (nSPS) is 10.9. The first-order valence-corrected chi connectivity index (χ1v) is 3.94. The number of allylic oxidation sites excluding steroid dienone is 2. The molecule has 1 aromatic rings. The largest absolute Gasteiger partial charge is 0.193 e. The second kappa shape index (κ2) is 3.94. The van der Waals surface area contributed by atoms with Crippen molar-refractivity contribution >= 4 is 17.2 Å². The molecule has 0 saturated carbocycles. The molecule has 0 bridgehead atoms. The number of hydrogen-bond acceptors (Lipinski definition) is 1. The molecule has 0 aliphatic heterocycles. The van der Waals surface area contributed by atoms with Gasteiger partial charge in [-0.15, -0.1) is 0 Å². The molecule has 0 spiro atoms. The Morgan fingerprint density at radius 1 is 1.58 bits per heavy atom. The van der Waals surface area contributed by atoms with Crippen molar-refractivity contribution in [1.29, 1.82) is 5.26 Å². The summed E-state index contributed by atoms with van der Waals surface area (Å²) >= 11 is 5.78. The van der Waals surface area contributed by atoms with E-state index in [1.807, 2.05) is 37.3 Å². The molecular formula is C10H8ClN. The summed E-state index contributed by atoms with van der Waals surface area (Å²) in [5.41, 5.74) is 1.92. The number of rotatable bonds is 1. The van der Waals surface area contributed by atoms with Gasteiger partial charge >= 0.3 is 0 Å². The zero-order valence-electron chi connectivity index (χ0n) is 6.71. The SMILES string of the molecule is CC(=CC#N)c1cccc(Cl)c1. The predicted octanol–water partition coefficient (Wildman–Crippen LogP) is 3.27. The third kappa shape index (κ3) is 2.11. The Morgan fingerprint density at radius 2 is 2.33 bits per heavy atom. The number of nitriles is 1. The Morgan fingerprint density at radius 3 is 2.92 bits per heavy atom. The van der Waals surface area contributed by atoms with E-state index in [9.17, 15) is 0 Å². The molecule has 0 saturated heterocycles. The van der Waals surface area contributed by atoms with Crippen LogP contribution in [-0.2, 0) is 0 Å². The Hall–Kier alpha value is -1.26. The summed E-state index contributed by atoms with van der Waals surface area (Å²) < 4.78 is 0. The second-order valence-electron chi connectivity index (χ2n) is 2.47. The monoisotopic (exact) mass is 177 g/mol. The first-order chi connectivity index (χ1) is 5.74. The van der Waals surface area contributed by atoms with E-state index in [0.717, 1.165) is 11.1 Å². The summed E-state index contributed by atoms with van der Waals surface area (Å²) in [7, 11) is 0. The minimum atomic E-state index is 0.693. The Balaban J connectivity index is 3.05. The maximum atomic E-state index is 8.41. The second-order valence-corrected chi connectivity index (χ2v) is 2.90. The summed E-state index contributed by atoms with van der Waals surface area (Å²) in [6.45, 7) is 1.88. The van der Waals surface area contributed by atoms with Crippen LogP contribution in [0.5, 0.6) is 0 Å². The van der Waals surface area contributed by atoms with Crippen LogP contribution < -0.4 is 0 Å². The third-order valence-electron chi connectivity index (χ3n) is 1.56. The molecule has 0 aromatic heterocycles. The van der Waals surface area contributed by atoms with Crippen molar-refractivity contribution in [3.8, 4) is 6.07 Å². The van der Waals surface area contributed by atoms with Crippen molar-refractivity contribution in [2.75, 3.05) is 0 Å². The molecule has 0 unspecified atom stereocenters. The van der Waals surface area contributed by atoms with E-state index in [1.165, 1.54) is 6.08 Å². The molecule has 1 rings (SSSR count). The summed E-state index contributed by atoms with van der Waals surface area (Å²) in [6, 6.07) is 9.42. The fourth-order valence-electron chi connectivity index (χ4n) is 0.914. The van der Waals surface area contributed by atoms with Gasteiger partial charge in [0.25, 0.3) is 0 Å². The van der Waals surface area contributed by atoms with Crippen LogP contribution in [0, 0.1) is 11.3 Å². The molecule has 0 aliphatic rings. The highest BCUT2D eigenvalue weighted by Crippen LogP contribution is 2.17. The lowest BCUT2D eigenvalue weighted by Gasteiger charge is -1.98. The highest BCUT2D eigenvalue weighted by atomic mass is 35.5. The van der Waals surface area contributed by atoms with Crippen molar-refractivity contribution < 1.29 is 0 Å². The molecular weight excluding hydrogens is 170 g/mol. The van der Waals surface area contributed by atoms with E-state index in [0.29, 0.717) is 5.02 Å². The van der Waals surface area contributed by atoms with E-state index in [-0.39, 0.29) is 0 Å². The van der Waals surface area contributed by atoms with Gasteiger partial charge in [-0.1, -0.05) is 23.7 Å². The molecule has 60 valence electrons. The van der Waals surface area contributed by atoms with Gasteiger partial charge < -0.3 is 0 Å². The van der Waals surface area contributed by atoms with E-state index >= 15 is 0 Å². The van der Waals surface area contributed by atoms with E-state index in [4.69, 9.17) is 16.9 Å². The van der Waals surface area contributed by atoms with Crippen LogP contribution in [0.15, 0.2) is 30.3 Å². The lowest BCUT2D eigenvalue weighted by Crippen LogP contribution is -1.77. The van der Waals surface area contributed by atoms with Gasteiger partial charge in [-0.25, -0.2) is 0 Å². The van der Waals surface area contributed by atoms with Gasteiger partial charge in [-0.2, -0.15) is 5.26 Å². The summed E-state index contributed by atoms with van der Waals surface area (Å²) in [4.78, 5) is 0. The highest BCUT2D eigenvalue weighted by molar-refractivity contribution is 6.30. The molecule has 0 heterocycles. The van der Waals surface area contributed by atoms with E-state index in [2.05, 4.69) is 0 Å². The quantitative estimate of drug-likeness (QED) is 0.604. The van der Waals surface area contributed by atoms with Crippen molar-refractivity contribution in [2.24, 2.45) is 0 Å². The maximum absolute atomic E-state index is 8.41. The van der Waals surface area contributed by atoms with Gasteiger partial charge in [0.2, 0.25) is 0 Å². The fraction of sp³-hybridized carbons (Fsp3) is 0.100. The van der Waals surface area contributed by atoms with Gasteiger partial charge in [0.15, 0.2) is 0 Å². The molecule has 1 aromatic carbocycles. The predicted molar refractivity (Wildman–Crippen MR) is 50.7 cm³/mol. The van der Waals surface area contributed by atoms with Crippen LogP contribution in [0.1, 0.15) is 12.5 Å². The number of halogens is 1. The molecule has 0 aliphatic carbocycles. The molecule has 12 heavy (non-hydrogen) atoms. The van der Waals surface area contributed by atoms with Crippen molar-refractivity contribution in [2.45, 2.75) is 6.92 Å². The highest BCUT2D eigenvalue weighted by Gasteiger charge is 1.94. The van der Waals surface area contributed by atoms with Crippen LogP contribution in [-0.4, -0.2) is 0 Å².